The van der Waals surface area contributed by atoms with Crippen LogP contribution in [0.15, 0.2) is 6.20 Å². The van der Waals surface area contributed by atoms with Gasteiger partial charge in [0.05, 0.1) is 18.3 Å². The second-order valence-corrected chi connectivity index (χ2v) is 3.70. The van der Waals surface area contributed by atoms with Crippen LogP contribution in [0.4, 0.5) is 0 Å². The molecule has 0 aliphatic heterocycles. The quantitative estimate of drug-likeness (QED) is 0.824. The SMILES string of the molecule is CCc1nn2cc(CCC(=O)O)nc2n1C. The predicted octanol–water partition coefficient (Wildman–Crippen LogP) is 0.647. The highest BCUT2D eigenvalue weighted by molar-refractivity contribution is 5.67. The molecule has 0 saturated carbocycles. The number of aromatic nitrogens is 4. The molecule has 0 unspecified atom stereocenters. The van der Waals surface area contributed by atoms with Gasteiger partial charge >= 0.3 is 5.97 Å². The number of carboxylic acid groups (broad SMARTS) is 1. The van der Waals surface area contributed by atoms with Crippen LogP contribution in [-0.4, -0.2) is 30.2 Å². The molecule has 0 spiro atoms. The molecule has 0 bridgehead atoms. The van der Waals surface area contributed by atoms with Crippen LogP contribution in [0.1, 0.15) is 24.9 Å². The van der Waals surface area contributed by atoms with Gasteiger partial charge in [-0.05, 0) is 0 Å². The summed E-state index contributed by atoms with van der Waals surface area (Å²) in [6.07, 6.45) is 3.19. The molecule has 0 radical (unpaired) electrons. The van der Waals surface area contributed by atoms with Crippen LogP contribution in [0, 0.1) is 0 Å². The summed E-state index contributed by atoms with van der Waals surface area (Å²) in [7, 11) is 1.91. The second kappa shape index (κ2) is 3.96. The number of imidazole rings is 1. The minimum atomic E-state index is -0.806. The van der Waals surface area contributed by atoms with Crippen molar-refractivity contribution < 1.29 is 9.90 Å². The highest BCUT2D eigenvalue weighted by Gasteiger charge is 2.10. The molecule has 6 heteroatoms. The Hall–Kier alpha value is -1.85. The molecule has 0 aliphatic rings. The maximum Gasteiger partial charge on any atom is 0.303 e. The van der Waals surface area contributed by atoms with Crippen molar-refractivity contribution in [2.45, 2.75) is 26.2 Å². The van der Waals surface area contributed by atoms with E-state index in [4.69, 9.17) is 5.11 Å². The Balaban J connectivity index is 2.28. The van der Waals surface area contributed by atoms with Crippen LogP contribution in [0.5, 0.6) is 0 Å². The van der Waals surface area contributed by atoms with Crippen molar-refractivity contribution >= 4 is 11.7 Å². The van der Waals surface area contributed by atoms with E-state index in [9.17, 15) is 4.79 Å². The molecule has 0 aromatic carbocycles. The van der Waals surface area contributed by atoms with Gasteiger partial charge in [-0.3, -0.25) is 4.79 Å². The zero-order chi connectivity index (χ0) is 11.7. The molecule has 2 rings (SSSR count). The number of aliphatic carboxylic acids is 1. The van der Waals surface area contributed by atoms with Crippen molar-refractivity contribution in [1.29, 1.82) is 0 Å². The van der Waals surface area contributed by atoms with Gasteiger partial charge < -0.3 is 9.67 Å². The number of carbonyl (C=O) groups is 1. The van der Waals surface area contributed by atoms with Gasteiger partial charge in [-0.1, -0.05) is 6.92 Å². The number of rotatable bonds is 4. The predicted molar refractivity (Wildman–Crippen MR) is 57.3 cm³/mol. The Morgan fingerprint density at radius 2 is 2.31 bits per heavy atom. The normalized spacial score (nSPS) is 11.1. The van der Waals surface area contributed by atoms with Gasteiger partial charge in [-0.15, -0.1) is 0 Å². The van der Waals surface area contributed by atoms with Gasteiger partial charge in [0.1, 0.15) is 5.82 Å². The average Bonchev–Trinajstić information content (AvgIpc) is 2.75. The summed E-state index contributed by atoms with van der Waals surface area (Å²) in [5.74, 6) is 0.920. The highest BCUT2D eigenvalue weighted by Crippen LogP contribution is 2.08. The van der Waals surface area contributed by atoms with E-state index in [0.717, 1.165) is 23.7 Å². The molecule has 2 aromatic rings. The third kappa shape index (κ3) is 1.78. The van der Waals surface area contributed by atoms with E-state index in [-0.39, 0.29) is 6.42 Å². The van der Waals surface area contributed by atoms with Crippen molar-refractivity contribution in [3.05, 3.63) is 17.7 Å². The summed E-state index contributed by atoms with van der Waals surface area (Å²) in [5.41, 5.74) is 0.767. The smallest absolute Gasteiger partial charge is 0.303 e. The Bertz CT molecular complexity index is 526. The molecule has 1 N–H and O–H groups in total. The monoisotopic (exact) mass is 222 g/mol. The molecule has 0 fully saturated rings. The topological polar surface area (TPSA) is 72.4 Å². The number of hydrogen-bond donors (Lipinski definition) is 1. The molecule has 2 heterocycles. The van der Waals surface area contributed by atoms with Gasteiger partial charge in [-0.2, -0.15) is 5.10 Å². The van der Waals surface area contributed by atoms with Crippen molar-refractivity contribution in [3.8, 4) is 0 Å². The zero-order valence-corrected chi connectivity index (χ0v) is 9.34. The fraction of sp³-hybridized carbons (Fsp3) is 0.500. The first-order valence-corrected chi connectivity index (χ1v) is 5.23. The largest absolute Gasteiger partial charge is 0.481 e. The standard InChI is InChI=1S/C10H14N4O2/c1-3-8-12-14-6-7(4-5-9(15)16)11-10(14)13(8)2/h6H,3-5H2,1-2H3,(H,15,16). The van der Waals surface area contributed by atoms with E-state index in [2.05, 4.69) is 10.1 Å². The molecule has 16 heavy (non-hydrogen) atoms. The van der Waals surface area contributed by atoms with Gasteiger partial charge in [0.25, 0.3) is 0 Å². The fourth-order valence-electron chi connectivity index (χ4n) is 1.68. The number of hydrogen-bond acceptors (Lipinski definition) is 3. The maximum absolute atomic E-state index is 10.4. The molecule has 0 atom stereocenters. The molecule has 0 amide bonds. The summed E-state index contributed by atoms with van der Waals surface area (Å²) < 4.78 is 3.63. The fourth-order valence-corrected chi connectivity index (χ4v) is 1.68. The Morgan fingerprint density at radius 1 is 1.56 bits per heavy atom. The van der Waals surface area contributed by atoms with Gasteiger partial charge in [0.15, 0.2) is 0 Å². The van der Waals surface area contributed by atoms with Crippen LogP contribution in [0.25, 0.3) is 5.78 Å². The Labute approximate surface area is 92.5 Å². The number of aryl methyl sites for hydroxylation is 3. The first-order valence-electron chi connectivity index (χ1n) is 5.23. The summed E-state index contributed by atoms with van der Waals surface area (Å²) >= 11 is 0. The van der Waals surface area contributed by atoms with Crippen LogP contribution < -0.4 is 0 Å². The second-order valence-electron chi connectivity index (χ2n) is 3.70. The summed E-state index contributed by atoms with van der Waals surface area (Å²) in [5, 5.41) is 12.9. The van der Waals surface area contributed by atoms with Gasteiger partial charge in [0, 0.05) is 19.9 Å². The van der Waals surface area contributed by atoms with E-state index in [0.29, 0.717) is 6.42 Å². The minimum Gasteiger partial charge on any atom is -0.481 e. The third-order valence-corrected chi connectivity index (χ3v) is 2.54. The van der Waals surface area contributed by atoms with Gasteiger partial charge in [0.2, 0.25) is 5.78 Å². The van der Waals surface area contributed by atoms with Crippen LogP contribution in [-0.2, 0) is 24.7 Å². The molecular formula is C10H14N4O2. The molecule has 86 valence electrons. The zero-order valence-electron chi connectivity index (χ0n) is 9.34. The van der Waals surface area contributed by atoms with E-state index >= 15 is 0 Å². The summed E-state index contributed by atoms with van der Waals surface area (Å²) in [6.45, 7) is 2.03. The van der Waals surface area contributed by atoms with Gasteiger partial charge in [-0.25, -0.2) is 9.50 Å². The van der Waals surface area contributed by atoms with Crippen molar-refractivity contribution in [2.75, 3.05) is 0 Å². The molecule has 6 nitrogen and oxygen atoms in total. The van der Waals surface area contributed by atoms with Crippen LogP contribution in [0.3, 0.4) is 0 Å². The molecular weight excluding hydrogens is 208 g/mol. The van der Waals surface area contributed by atoms with E-state index < -0.39 is 5.97 Å². The summed E-state index contributed by atoms with van der Waals surface area (Å²) in [6, 6.07) is 0. The van der Waals surface area contributed by atoms with E-state index in [1.54, 1.807) is 10.7 Å². The lowest BCUT2D eigenvalue weighted by molar-refractivity contribution is -0.136. The van der Waals surface area contributed by atoms with Crippen molar-refractivity contribution in [1.82, 2.24) is 19.2 Å². The number of carboxylic acids is 1. The maximum atomic E-state index is 10.4. The highest BCUT2D eigenvalue weighted by atomic mass is 16.4. The molecule has 0 aliphatic carbocycles. The number of nitrogens with zero attached hydrogens (tertiary/aromatic N) is 4. The third-order valence-electron chi connectivity index (χ3n) is 2.54. The van der Waals surface area contributed by atoms with Crippen molar-refractivity contribution in [2.24, 2.45) is 7.05 Å². The Kier molecular flexibility index (Phi) is 2.64. The lowest BCUT2D eigenvalue weighted by atomic mass is 10.2. The minimum absolute atomic E-state index is 0.102. The molecule has 0 saturated heterocycles. The van der Waals surface area contributed by atoms with E-state index in [1.807, 2.05) is 18.5 Å². The number of fused-ring (bicyclic) bond motifs is 1. The van der Waals surface area contributed by atoms with Crippen LogP contribution >= 0.6 is 0 Å². The molecule has 2 aromatic heterocycles. The summed E-state index contributed by atoms with van der Waals surface area (Å²) in [4.78, 5) is 14.8. The van der Waals surface area contributed by atoms with E-state index in [1.165, 1.54) is 0 Å². The first kappa shape index (κ1) is 10.7. The van der Waals surface area contributed by atoms with Crippen molar-refractivity contribution in [3.63, 3.8) is 0 Å². The lowest BCUT2D eigenvalue weighted by Gasteiger charge is -1.94. The lowest BCUT2D eigenvalue weighted by Crippen LogP contribution is -1.99. The first-order chi connectivity index (χ1) is 7.61. The average molecular weight is 222 g/mol. The Morgan fingerprint density at radius 3 is 2.88 bits per heavy atom. The van der Waals surface area contributed by atoms with Crippen LogP contribution in [0.2, 0.25) is 0 Å².